The van der Waals surface area contributed by atoms with E-state index in [0.717, 1.165) is 24.6 Å². The zero-order chi connectivity index (χ0) is 11.3. The van der Waals surface area contributed by atoms with Crippen LogP contribution in [-0.4, -0.2) is 14.6 Å². The number of nitrogens with zero attached hydrogens (tertiary/aromatic N) is 3. The average Bonchev–Trinajstić information content (AvgIpc) is 2.96. The molecule has 0 saturated heterocycles. The van der Waals surface area contributed by atoms with Crippen LogP contribution in [0.4, 0.5) is 13.2 Å². The van der Waals surface area contributed by atoms with Gasteiger partial charge in [0, 0.05) is 18.2 Å². The second-order valence-electron chi connectivity index (χ2n) is 3.96. The minimum atomic E-state index is -4.40. The molecule has 3 rings (SSSR count). The normalized spacial score (nSPS) is 16.9. The summed E-state index contributed by atoms with van der Waals surface area (Å²) in [4.78, 5) is 3.55. The lowest BCUT2D eigenvalue weighted by molar-refractivity contribution is -0.141. The van der Waals surface area contributed by atoms with Crippen molar-refractivity contribution in [3.8, 4) is 0 Å². The Kier molecular flexibility index (Phi) is 1.78. The van der Waals surface area contributed by atoms with E-state index in [0.29, 0.717) is 5.92 Å². The molecule has 2 heterocycles. The highest BCUT2D eigenvalue weighted by Crippen LogP contribution is 2.39. The lowest BCUT2D eigenvalue weighted by atomic mass is 10.3. The van der Waals surface area contributed by atoms with Crippen molar-refractivity contribution in [3.05, 3.63) is 29.7 Å². The maximum atomic E-state index is 12.4. The molecule has 0 spiro atoms. The smallest absolute Gasteiger partial charge is 0.224 e. The summed E-state index contributed by atoms with van der Waals surface area (Å²) in [6.07, 6.45) is -0.963. The van der Waals surface area contributed by atoms with Crippen LogP contribution in [0.2, 0.25) is 0 Å². The first kappa shape index (κ1) is 9.62. The van der Waals surface area contributed by atoms with Crippen LogP contribution in [0, 0.1) is 0 Å². The van der Waals surface area contributed by atoms with Crippen LogP contribution in [0.15, 0.2) is 18.3 Å². The van der Waals surface area contributed by atoms with Gasteiger partial charge in [-0.3, -0.25) is 0 Å². The Morgan fingerprint density at radius 1 is 1.31 bits per heavy atom. The number of halogens is 3. The standard InChI is InChI=1S/C10H8F3N3/c11-10(12,13)8-3-4-16-9(14-8)5-7(15-16)6-1-2-6/h3-6H,1-2H2. The van der Waals surface area contributed by atoms with E-state index in [4.69, 9.17) is 0 Å². The molecule has 1 fully saturated rings. The van der Waals surface area contributed by atoms with Gasteiger partial charge in [0.1, 0.15) is 5.69 Å². The highest BCUT2D eigenvalue weighted by atomic mass is 19.4. The number of fused-ring (bicyclic) bond motifs is 1. The van der Waals surface area contributed by atoms with Gasteiger partial charge in [-0.25, -0.2) is 9.50 Å². The van der Waals surface area contributed by atoms with Gasteiger partial charge in [-0.15, -0.1) is 0 Å². The Balaban J connectivity index is 2.10. The molecule has 84 valence electrons. The molecular formula is C10H8F3N3. The molecule has 1 saturated carbocycles. The molecule has 0 unspecified atom stereocenters. The summed E-state index contributed by atoms with van der Waals surface area (Å²) < 4.78 is 38.6. The first-order valence-corrected chi connectivity index (χ1v) is 4.97. The fourth-order valence-electron chi connectivity index (χ4n) is 1.63. The van der Waals surface area contributed by atoms with Crippen LogP contribution in [0.25, 0.3) is 5.65 Å². The third-order valence-electron chi connectivity index (χ3n) is 2.63. The maximum absolute atomic E-state index is 12.4. The Morgan fingerprint density at radius 2 is 2.06 bits per heavy atom. The van der Waals surface area contributed by atoms with Gasteiger partial charge in [0.25, 0.3) is 0 Å². The van der Waals surface area contributed by atoms with Gasteiger partial charge in [-0.1, -0.05) is 0 Å². The van der Waals surface area contributed by atoms with E-state index in [2.05, 4.69) is 10.1 Å². The first-order chi connectivity index (χ1) is 7.54. The summed E-state index contributed by atoms with van der Waals surface area (Å²) in [7, 11) is 0. The van der Waals surface area contributed by atoms with Gasteiger partial charge < -0.3 is 0 Å². The Labute approximate surface area is 88.9 Å². The molecule has 16 heavy (non-hydrogen) atoms. The van der Waals surface area contributed by atoms with Gasteiger partial charge in [0.05, 0.1) is 5.69 Å². The van der Waals surface area contributed by atoms with Crippen molar-refractivity contribution < 1.29 is 13.2 Å². The molecule has 2 aromatic rings. The van der Waals surface area contributed by atoms with Gasteiger partial charge in [0.2, 0.25) is 0 Å². The van der Waals surface area contributed by atoms with Crippen molar-refractivity contribution in [2.45, 2.75) is 24.9 Å². The Morgan fingerprint density at radius 3 is 2.69 bits per heavy atom. The highest BCUT2D eigenvalue weighted by Gasteiger charge is 2.33. The molecule has 0 atom stereocenters. The van der Waals surface area contributed by atoms with Gasteiger partial charge >= 0.3 is 6.18 Å². The topological polar surface area (TPSA) is 30.2 Å². The number of hydrogen-bond acceptors (Lipinski definition) is 2. The fraction of sp³-hybridized carbons (Fsp3) is 0.400. The molecule has 0 amide bonds. The van der Waals surface area contributed by atoms with E-state index in [1.165, 1.54) is 10.7 Å². The van der Waals surface area contributed by atoms with Gasteiger partial charge in [-0.05, 0) is 18.9 Å². The van der Waals surface area contributed by atoms with E-state index in [1.807, 2.05) is 0 Å². The second-order valence-corrected chi connectivity index (χ2v) is 3.96. The summed E-state index contributed by atoms with van der Waals surface area (Å²) >= 11 is 0. The number of hydrogen-bond donors (Lipinski definition) is 0. The van der Waals surface area contributed by atoms with E-state index >= 15 is 0 Å². The highest BCUT2D eigenvalue weighted by molar-refractivity contribution is 5.41. The van der Waals surface area contributed by atoms with Crippen molar-refractivity contribution in [3.63, 3.8) is 0 Å². The summed E-state index contributed by atoms with van der Waals surface area (Å²) in [6.45, 7) is 0. The third-order valence-corrected chi connectivity index (χ3v) is 2.63. The van der Waals surface area contributed by atoms with Crippen LogP contribution in [-0.2, 0) is 6.18 Å². The summed E-state index contributed by atoms with van der Waals surface area (Å²) in [5.74, 6) is 0.413. The minimum Gasteiger partial charge on any atom is -0.224 e. The molecule has 6 heteroatoms. The Bertz CT molecular complexity index is 540. The predicted octanol–water partition coefficient (Wildman–Crippen LogP) is 2.63. The third kappa shape index (κ3) is 1.54. The van der Waals surface area contributed by atoms with E-state index in [1.54, 1.807) is 6.07 Å². The molecule has 0 aliphatic heterocycles. The maximum Gasteiger partial charge on any atom is 0.433 e. The largest absolute Gasteiger partial charge is 0.433 e. The van der Waals surface area contributed by atoms with Crippen molar-refractivity contribution in [1.82, 2.24) is 14.6 Å². The molecule has 1 aliphatic carbocycles. The number of aromatic nitrogens is 3. The zero-order valence-electron chi connectivity index (χ0n) is 8.20. The van der Waals surface area contributed by atoms with Gasteiger partial charge in [-0.2, -0.15) is 18.3 Å². The summed E-state index contributed by atoms with van der Waals surface area (Å²) in [5.41, 5.74) is 0.228. The Hall–Kier alpha value is -1.59. The number of rotatable bonds is 1. The van der Waals surface area contributed by atoms with Crippen LogP contribution in [0.3, 0.4) is 0 Å². The molecule has 0 aromatic carbocycles. The van der Waals surface area contributed by atoms with Gasteiger partial charge in [0.15, 0.2) is 5.65 Å². The predicted molar refractivity (Wildman–Crippen MR) is 50.0 cm³/mol. The van der Waals surface area contributed by atoms with Crippen LogP contribution >= 0.6 is 0 Å². The monoisotopic (exact) mass is 227 g/mol. The van der Waals surface area contributed by atoms with Crippen LogP contribution in [0.1, 0.15) is 30.1 Å². The molecule has 0 N–H and O–H groups in total. The lowest BCUT2D eigenvalue weighted by Crippen LogP contribution is -2.08. The molecule has 0 bridgehead atoms. The molecule has 1 aliphatic rings. The molecular weight excluding hydrogens is 219 g/mol. The first-order valence-electron chi connectivity index (χ1n) is 4.97. The van der Waals surface area contributed by atoms with Crippen molar-refractivity contribution in [1.29, 1.82) is 0 Å². The van der Waals surface area contributed by atoms with Crippen molar-refractivity contribution in [2.24, 2.45) is 0 Å². The van der Waals surface area contributed by atoms with E-state index < -0.39 is 11.9 Å². The van der Waals surface area contributed by atoms with Crippen LogP contribution in [0.5, 0.6) is 0 Å². The molecule has 3 nitrogen and oxygen atoms in total. The summed E-state index contributed by atoms with van der Waals surface area (Å²) in [5, 5.41) is 4.18. The quantitative estimate of drug-likeness (QED) is 0.749. The average molecular weight is 227 g/mol. The minimum absolute atomic E-state index is 0.261. The zero-order valence-corrected chi connectivity index (χ0v) is 8.20. The van der Waals surface area contributed by atoms with Crippen LogP contribution < -0.4 is 0 Å². The second kappa shape index (κ2) is 2.96. The number of alkyl halides is 3. The van der Waals surface area contributed by atoms with E-state index in [-0.39, 0.29) is 5.65 Å². The fourth-order valence-corrected chi connectivity index (χ4v) is 1.63. The summed E-state index contributed by atoms with van der Waals surface area (Å²) in [6, 6.07) is 2.57. The SMILES string of the molecule is FC(F)(F)c1ccn2nc(C3CC3)cc2n1. The molecule has 2 aromatic heterocycles. The van der Waals surface area contributed by atoms with E-state index in [9.17, 15) is 13.2 Å². The van der Waals surface area contributed by atoms with Crippen molar-refractivity contribution >= 4 is 5.65 Å². The van der Waals surface area contributed by atoms with Crippen molar-refractivity contribution in [2.75, 3.05) is 0 Å². The lowest BCUT2D eigenvalue weighted by Gasteiger charge is -2.04. The molecule has 0 radical (unpaired) electrons.